The molecule has 1 N–H and O–H groups in total. The van der Waals surface area contributed by atoms with Crippen LogP contribution in [-0.4, -0.2) is 31.6 Å². The van der Waals surface area contributed by atoms with Crippen molar-refractivity contribution in [3.63, 3.8) is 0 Å². The molecule has 1 rings (SSSR count). The van der Waals surface area contributed by atoms with Gasteiger partial charge in [-0.15, -0.1) is 0 Å². The van der Waals surface area contributed by atoms with Crippen molar-refractivity contribution in [3.05, 3.63) is 24.2 Å². The lowest BCUT2D eigenvalue weighted by Crippen LogP contribution is -2.37. The Labute approximate surface area is 86.1 Å². The lowest BCUT2D eigenvalue weighted by atomic mass is 10.2. The monoisotopic (exact) mass is 196 g/mol. The van der Waals surface area contributed by atoms with Gasteiger partial charge in [0.2, 0.25) is 0 Å². The first kappa shape index (κ1) is 11.3. The second-order valence-corrected chi connectivity index (χ2v) is 4.07. The van der Waals surface area contributed by atoms with E-state index in [2.05, 4.69) is 38.2 Å². The van der Waals surface area contributed by atoms with Gasteiger partial charge in [0.25, 0.3) is 0 Å². The van der Waals surface area contributed by atoms with Crippen LogP contribution in [0.5, 0.6) is 0 Å². The van der Waals surface area contributed by atoms with Crippen molar-refractivity contribution in [2.75, 3.05) is 20.6 Å². The standard InChI is InChI=1S/C11H20N2O/c1-9(8-13(3)4)12-10(2)11-6-5-7-14-11/h5-7,9-10,12H,8H2,1-4H3. The molecule has 1 aromatic rings. The highest BCUT2D eigenvalue weighted by Gasteiger charge is 2.11. The minimum Gasteiger partial charge on any atom is -0.468 e. The number of nitrogens with one attached hydrogen (secondary N) is 1. The van der Waals surface area contributed by atoms with Crippen LogP contribution in [0.2, 0.25) is 0 Å². The third-order valence-corrected chi connectivity index (χ3v) is 2.14. The third-order valence-electron chi connectivity index (χ3n) is 2.14. The first-order chi connectivity index (χ1) is 6.59. The van der Waals surface area contributed by atoms with E-state index in [1.807, 2.05) is 12.1 Å². The van der Waals surface area contributed by atoms with E-state index in [0.29, 0.717) is 6.04 Å². The zero-order valence-corrected chi connectivity index (χ0v) is 9.45. The van der Waals surface area contributed by atoms with Crippen molar-refractivity contribution in [2.24, 2.45) is 0 Å². The highest BCUT2D eigenvalue weighted by Crippen LogP contribution is 2.12. The molecule has 0 radical (unpaired) electrons. The minimum atomic E-state index is 0.278. The van der Waals surface area contributed by atoms with Crippen molar-refractivity contribution in [2.45, 2.75) is 25.9 Å². The predicted octanol–water partition coefficient (Wildman–Crippen LogP) is 1.88. The topological polar surface area (TPSA) is 28.4 Å². The van der Waals surface area contributed by atoms with Crippen LogP contribution in [0.3, 0.4) is 0 Å². The Morgan fingerprint density at radius 2 is 2.14 bits per heavy atom. The van der Waals surface area contributed by atoms with Crippen molar-refractivity contribution in [1.82, 2.24) is 10.2 Å². The van der Waals surface area contributed by atoms with E-state index in [9.17, 15) is 0 Å². The fourth-order valence-corrected chi connectivity index (χ4v) is 1.65. The highest BCUT2D eigenvalue weighted by molar-refractivity contribution is 5.03. The van der Waals surface area contributed by atoms with Gasteiger partial charge in [-0.3, -0.25) is 0 Å². The molecule has 0 saturated heterocycles. The maximum Gasteiger partial charge on any atom is 0.120 e. The van der Waals surface area contributed by atoms with Gasteiger partial charge in [0.05, 0.1) is 12.3 Å². The van der Waals surface area contributed by atoms with Gasteiger partial charge in [0.15, 0.2) is 0 Å². The number of likely N-dealkylation sites (N-methyl/N-ethyl adjacent to an activating group) is 1. The largest absolute Gasteiger partial charge is 0.468 e. The number of furan rings is 1. The fourth-order valence-electron chi connectivity index (χ4n) is 1.65. The van der Waals surface area contributed by atoms with E-state index in [-0.39, 0.29) is 6.04 Å². The number of hydrogen-bond acceptors (Lipinski definition) is 3. The molecule has 2 atom stereocenters. The quantitative estimate of drug-likeness (QED) is 0.779. The van der Waals surface area contributed by atoms with Crippen LogP contribution in [0.15, 0.2) is 22.8 Å². The van der Waals surface area contributed by atoms with Crippen molar-refractivity contribution in [1.29, 1.82) is 0 Å². The molecule has 2 unspecified atom stereocenters. The molecule has 0 aliphatic heterocycles. The molecule has 1 heterocycles. The summed E-state index contributed by atoms with van der Waals surface area (Å²) in [6, 6.07) is 4.66. The summed E-state index contributed by atoms with van der Waals surface area (Å²) in [5, 5.41) is 3.48. The highest BCUT2D eigenvalue weighted by atomic mass is 16.3. The summed E-state index contributed by atoms with van der Waals surface area (Å²) in [5.74, 6) is 0.996. The zero-order chi connectivity index (χ0) is 10.6. The van der Waals surface area contributed by atoms with Crippen LogP contribution < -0.4 is 5.32 Å². The summed E-state index contributed by atoms with van der Waals surface area (Å²) in [4.78, 5) is 2.17. The second-order valence-electron chi connectivity index (χ2n) is 4.07. The maximum atomic E-state index is 5.33. The summed E-state index contributed by atoms with van der Waals surface area (Å²) >= 11 is 0. The summed E-state index contributed by atoms with van der Waals surface area (Å²) in [5.41, 5.74) is 0. The lowest BCUT2D eigenvalue weighted by molar-refractivity contribution is 0.319. The summed E-state index contributed by atoms with van der Waals surface area (Å²) < 4.78 is 5.33. The Morgan fingerprint density at radius 3 is 2.64 bits per heavy atom. The van der Waals surface area contributed by atoms with Gasteiger partial charge < -0.3 is 14.6 Å². The molecule has 0 aromatic carbocycles. The Morgan fingerprint density at radius 1 is 1.43 bits per heavy atom. The van der Waals surface area contributed by atoms with Crippen molar-refractivity contribution in [3.8, 4) is 0 Å². The Balaban J connectivity index is 2.37. The Kier molecular flexibility index (Phi) is 4.17. The average Bonchev–Trinajstić information content (AvgIpc) is 2.53. The van der Waals surface area contributed by atoms with E-state index in [1.165, 1.54) is 0 Å². The Hall–Kier alpha value is -0.800. The minimum absolute atomic E-state index is 0.278. The molecular weight excluding hydrogens is 176 g/mol. The van der Waals surface area contributed by atoms with E-state index in [4.69, 9.17) is 4.42 Å². The van der Waals surface area contributed by atoms with Crippen LogP contribution in [0.25, 0.3) is 0 Å². The van der Waals surface area contributed by atoms with Crippen LogP contribution in [0.4, 0.5) is 0 Å². The second kappa shape index (κ2) is 5.17. The van der Waals surface area contributed by atoms with Gasteiger partial charge in [0, 0.05) is 12.6 Å². The number of hydrogen-bond donors (Lipinski definition) is 1. The summed E-state index contributed by atoms with van der Waals surface area (Å²) in [7, 11) is 4.16. The number of rotatable bonds is 5. The summed E-state index contributed by atoms with van der Waals surface area (Å²) in [6.07, 6.45) is 1.71. The molecule has 14 heavy (non-hydrogen) atoms. The molecule has 3 nitrogen and oxygen atoms in total. The van der Waals surface area contributed by atoms with Crippen molar-refractivity contribution < 1.29 is 4.42 Å². The maximum absolute atomic E-state index is 5.33. The van der Waals surface area contributed by atoms with Crippen LogP contribution in [0.1, 0.15) is 25.6 Å². The van der Waals surface area contributed by atoms with Crippen LogP contribution >= 0.6 is 0 Å². The van der Waals surface area contributed by atoms with E-state index in [0.717, 1.165) is 12.3 Å². The first-order valence-corrected chi connectivity index (χ1v) is 5.03. The van der Waals surface area contributed by atoms with Gasteiger partial charge in [0.1, 0.15) is 5.76 Å². The molecule has 0 spiro atoms. The van der Waals surface area contributed by atoms with Gasteiger partial charge in [-0.2, -0.15) is 0 Å². The van der Waals surface area contributed by atoms with E-state index < -0.39 is 0 Å². The van der Waals surface area contributed by atoms with Crippen molar-refractivity contribution >= 4 is 0 Å². The SMILES string of the molecule is CC(CN(C)C)NC(C)c1ccco1. The van der Waals surface area contributed by atoms with Crippen LogP contribution in [0, 0.1) is 0 Å². The molecule has 0 bridgehead atoms. The van der Waals surface area contributed by atoms with Crippen LogP contribution in [-0.2, 0) is 0 Å². The molecule has 0 fully saturated rings. The van der Waals surface area contributed by atoms with E-state index in [1.54, 1.807) is 6.26 Å². The molecule has 0 saturated carbocycles. The molecule has 0 amide bonds. The smallest absolute Gasteiger partial charge is 0.120 e. The molecular formula is C11H20N2O. The van der Waals surface area contributed by atoms with Gasteiger partial charge in [-0.1, -0.05) is 0 Å². The molecule has 3 heteroatoms. The fraction of sp³-hybridized carbons (Fsp3) is 0.636. The normalized spacial score (nSPS) is 15.8. The first-order valence-electron chi connectivity index (χ1n) is 5.03. The Bertz CT molecular complexity index is 244. The molecule has 0 aliphatic rings. The zero-order valence-electron chi connectivity index (χ0n) is 9.45. The molecule has 80 valence electrons. The van der Waals surface area contributed by atoms with Gasteiger partial charge in [-0.05, 0) is 40.1 Å². The molecule has 0 aliphatic carbocycles. The summed E-state index contributed by atoms with van der Waals surface area (Å²) in [6.45, 7) is 5.33. The lowest BCUT2D eigenvalue weighted by Gasteiger charge is -2.21. The van der Waals surface area contributed by atoms with Gasteiger partial charge >= 0.3 is 0 Å². The predicted molar refractivity (Wildman–Crippen MR) is 58.3 cm³/mol. The number of nitrogens with zero attached hydrogens (tertiary/aromatic N) is 1. The molecule has 1 aromatic heterocycles. The van der Waals surface area contributed by atoms with E-state index >= 15 is 0 Å². The third kappa shape index (κ3) is 3.52. The average molecular weight is 196 g/mol. The van der Waals surface area contributed by atoms with Gasteiger partial charge in [-0.25, -0.2) is 0 Å².